The Bertz CT molecular complexity index is 719. The standard InChI is InChI=1S/C14H16N4OS/c1-10-3-4-12-13(7-10)20-14(17-12)16-11-8-15-18(9-11)5-6-19-2/h3-4,7-9H,5-6H2,1-2H3,(H,16,17). The minimum Gasteiger partial charge on any atom is -0.383 e. The van der Waals surface area contributed by atoms with Crippen LogP contribution in [0.3, 0.4) is 0 Å². The fraction of sp³-hybridized carbons (Fsp3) is 0.286. The first-order valence-electron chi connectivity index (χ1n) is 6.40. The molecule has 0 aliphatic carbocycles. The third kappa shape index (κ3) is 2.81. The lowest BCUT2D eigenvalue weighted by molar-refractivity contribution is 0.183. The molecular weight excluding hydrogens is 272 g/mol. The Morgan fingerprint density at radius 1 is 1.40 bits per heavy atom. The quantitative estimate of drug-likeness (QED) is 0.783. The van der Waals surface area contributed by atoms with E-state index < -0.39 is 0 Å². The highest BCUT2D eigenvalue weighted by molar-refractivity contribution is 7.22. The molecule has 0 saturated heterocycles. The number of hydrogen-bond donors (Lipinski definition) is 1. The molecule has 0 radical (unpaired) electrons. The van der Waals surface area contributed by atoms with E-state index >= 15 is 0 Å². The topological polar surface area (TPSA) is 52.0 Å². The zero-order valence-corrected chi connectivity index (χ0v) is 12.3. The van der Waals surface area contributed by atoms with Gasteiger partial charge in [0.25, 0.3) is 0 Å². The van der Waals surface area contributed by atoms with Crippen molar-refractivity contribution in [3.63, 3.8) is 0 Å². The number of ether oxygens (including phenoxy) is 1. The average Bonchev–Trinajstić information content (AvgIpc) is 3.02. The van der Waals surface area contributed by atoms with Gasteiger partial charge in [0.2, 0.25) is 0 Å². The number of methoxy groups -OCH3 is 1. The molecule has 2 aromatic heterocycles. The highest BCUT2D eigenvalue weighted by Gasteiger charge is 2.05. The summed E-state index contributed by atoms with van der Waals surface area (Å²) in [6.45, 7) is 3.49. The highest BCUT2D eigenvalue weighted by Crippen LogP contribution is 2.28. The summed E-state index contributed by atoms with van der Waals surface area (Å²) in [5.41, 5.74) is 3.21. The van der Waals surface area contributed by atoms with Crippen LogP contribution in [0.1, 0.15) is 5.56 Å². The molecule has 0 saturated carbocycles. The maximum absolute atomic E-state index is 5.03. The molecular formula is C14H16N4OS. The molecule has 20 heavy (non-hydrogen) atoms. The maximum Gasteiger partial charge on any atom is 0.188 e. The van der Waals surface area contributed by atoms with Crippen LogP contribution in [0, 0.1) is 6.92 Å². The number of hydrogen-bond acceptors (Lipinski definition) is 5. The Morgan fingerprint density at radius 3 is 3.15 bits per heavy atom. The Labute approximate surface area is 121 Å². The summed E-state index contributed by atoms with van der Waals surface area (Å²) >= 11 is 1.65. The summed E-state index contributed by atoms with van der Waals surface area (Å²) in [7, 11) is 1.69. The Balaban J connectivity index is 1.76. The average molecular weight is 288 g/mol. The smallest absolute Gasteiger partial charge is 0.188 e. The molecule has 3 rings (SSSR count). The van der Waals surface area contributed by atoms with Crippen molar-refractivity contribution in [2.75, 3.05) is 19.0 Å². The molecule has 5 nitrogen and oxygen atoms in total. The van der Waals surface area contributed by atoms with Crippen molar-refractivity contribution in [2.45, 2.75) is 13.5 Å². The van der Waals surface area contributed by atoms with Crippen LogP contribution in [-0.4, -0.2) is 28.5 Å². The molecule has 0 bridgehead atoms. The molecule has 0 aliphatic rings. The fourth-order valence-electron chi connectivity index (χ4n) is 1.94. The van der Waals surface area contributed by atoms with Gasteiger partial charge >= 0.3 is 0 Å². The molecule has 6 heteroatoms. The van der Waals surface area contributed by atoms with Crippen molar-refractivity contribution < 1.29 is 4.74 Å². The predicted molar refractivity (Wildman–Crippen MR) is 81.7 cm³/mol. The van der Waals surface area contributed by atoms with Gasteiger partial charge in [-0.1, -0.05) is 17.4 Å². The van der Waals surface area contributed by atoms with Gasteiger partial charge in [0, 0.05) is 13.3 Å². The van der Waals surface area contributed by atoms with E-state index in [1.54, 1.807) is 24.6 Å². The van der Waals surface area contributed by atoms with E-state index in [2.05, 4.69) is 34.5 Å². The lowest BCUT2D eigenvalue weighted by Gasteiger charge is -1.99. The van der Waals surface area contributed by atoms with Crippen LogP contribution in [0.4, 0.5) is 10.8 Å². The largest absolute Gasteiger partial charge is 0.383 e. The molecule has 3 aromatic rings. The lowest BCUT2D eigenvalue weighted by atomic mass is 10.2. The molecule has 0 aliphatic heterocycles. The van der Waals surface area contributed by atoms with Crippen molar-refractivity contribution in [1.82, 2.24) is 14.8 Å². The lowest BCUT2D eigenvalue weighted by Crippen LogP contribution is -2.03. The summed E-state index contributed by atoms with van der Waals surface area (Å²) in [6, 6.07) is 6.28. The summed E-state index contributed by atoms with van der Waals surface area (Å²) in [5, 5.41) is 8.45. The van der Waals surface area contributed by atoms with E-state index in [9.17, 15) is 0 Å². The highest BCUT2D eigenvalue weighted by atomic mass is 32.1. The molecule has 1 aromatic carbocycles. The molecule has 1 N–H and O–H groups in total. The normalized spacial score (nSPS) is 11.1. The number of anilines is 2. The summed E-state index contributed by atoms with van der Waals surface area (Å²) in [5.74, 6) is 0. The van der Waals surface area contributed by atoms with E-state index in [1.165, 1.54) is 10.3 Å². The first-order valence-corrected chi connectivity index (χ1v) is 7.22. The number of rotatable bonds is 5. The minimum absolute atomic E-state index is 0.654. The van der Waals surface area contributed by atoms with Crippen LogP contribution in [0.15, 0.2) is 30.6 Å². The second-order valence-corrected chi connectivity index (χ2v) is 5.63. The van der Waals surface area contributed by atoms with Crippen molar-refractivity contribution in [1.29, 1.82) is 0 Å². The summed E-state index contributed by atoms with van der Waals surface area (Å²) < 4.78 is 8.08. The number of thiazole rings is 1. The van der Waals surface area contributed by atoms with E-state index in [4.69, 9.17) is 4.74 Å². The van der Waals surface area contributed by atoms with Gasteiger partial charge < -0.3 is 10.1 Å². The molecule has 0 atom stereocenters. The number of aryl methyl sites for hydroxylation is 1. The molecule has 0 spiro atoms. The van der Waals surface area contributed by atoms with Gasteiger partial charge in [-0.25, -0.2) is 4.98 Å². The predicted octanol–water partition coefficient (Wildman–Crippen LogP) is 3.19. The Hall–Kier alpha value is -1.92. The molecule has 0 amide bonds. The van der Waals surface area contributed by atoms with Crippen LogP contribution in [0.25, 0.3) is 10.2 Å². The number of benzene rings is 1. The van der Waals surface area contributed by atoms with Gasteiger partial charge in [-0.05, 0) is 24.6 Å². The maximum atomic E-state index is 5.03. The SMILES string of the molecule is COCCn1cc(Nc2nc3ccc(C)cc3s2)cn1. The van der Waals surface area contributed by atoms with Crippen molar-refractivity contribution >= 4 is 32.4 Å². The molecule has 0 unspecified atom stereocenters. The van der Waals surface area contributed by atoms with Crippen molar-refractivity contribution in [3.05, 3.63) is 36.2 Å². The van der Waals surface area contributed by atoms with Gasteiger partial charge in [-0.2, -0.15) is 5.10 Å². The fourth-order valence-corrected chi connectivity index (χ4v) is 2.93. The van der Waals surface area contributed by atoms with Crippen molar-refractivity contribution in [2.24, 2.45) is 0 Å². The van der Waals surface area contributed by atoms with Crippen LogP contribution in [0.2, 0.25) is 0 Å². The van der Waals surface area contributed by atoms with E-state index in [1.807, 2.05) is 16.9 Å². The number of aromatic nitrogens is 3. The summed E-state index contributed by atoms with van der Waals surface area (Å²) in [4.78, 5) is 4.57. The first-order chi connectivity index (χ1) is 9.74. The van der Waals surface area contributed by atoms with Crippen molar-refractivity contribution in [3.8, 4) is 0 Å². The monoisotopic (exact) mass is 288 g/mol. The van der Waals surface area contributed by atoms with Crippen LogP contribution in [-0.2, 0) is 11.3 Å². The van der Waals surface area contributed by atoms with E-state index in [0.29, 0.717) is 6.61 Å². The zero-order chi connectivity index (χ0) is 13.9. The number of nitrogens with one attached hydrogen (secondary N) is 1. The number of nitrogens with zero attached hydrogens (tertiary/aromatic N) is 3. The Morgan fingerprint density at radius 2 is 2.30 bits per heavy atom. The summed E-state index contributed by atoms with van der Waals surface area (Å²) in [6.07, 6.45) is 3.75. The third-order valence-corrected chi connectivity index (χ3v) is 3.89. The van der Waals surface area contributed by atoms with Crippen LogP contribution >= 0.6 is 11.3 Å². The Kier molecular flexibility index (Phi) is 3.66. The molecule has 0 fully saturated rings. The van der Waals surface area contributed by atoms with Gasteiger partial charge in [0.05, 0.1) is 35.3 Å². The third-order valence-electron chi connectivity index (χ3n) is 2.95. The second-order valence-electron chi connectivity index (χ2n) is 4.60. The molecule has 2 heterocycles. The minimum atomic E-state index is 0.654. The van der Waals surface area contributed by atoms with E-state index in [-0.39, 0.29) is 0 Å². The number of fused-ring (bicyclic) bond motifs is 1. The van der Waals surface area contributed by atoms with Gasteiger partial charge in [0.15, 0.2) is 5.13 Å². The van der Waals surface area contributed by atoms with Crippen LogP contribution < -0.4 is 5.32 Å². The first kappa shape index (κ1) is 13.1. The van der Waals surface area contributed by atoms with E-state index in [0.717, 1.165) is 22.9 Å². The zero-order valence-electron chi connectivity index (χ0n) is 11.5. The second kappa shape index (κ2) is 5.60. The molecule has 104 valence electrons. The van der Waals surface area contributed by atoms with Gasteiger partial charge in [-0.3, -0.25) is 4.68 Å². The van der Waals surface area contributed by atoms with Crippen LogP contribution in [0.5, 0.6) is 0 Å². The van der Waals surface area contributed by atoms with Gasteiger partial charge in [-0.15, -0.1) is 0 Å². The van der Waals surface area contributed by atoms with Gasteiger partial charge in [0.1, 0.15) is 0 Å².